The van der Waals surface area contributed by atoms with Crippen LogP contribution in [0.2, 0.25) is 0 Å². The highest BCUT2D eigenvalue weighted by Crippen LogP contribution is 2.38. The lowest BCUT2D eigenvalue weighted by Crippen LogP contribution is -2.41. The van der Waals surface area contributed by atoms with Crippen LogP contribution >= 0.6 is 0 Å². The first-order valence-electron chi connectivity index (χ1n) is 11.1. The minimum absolute atomic E-state index is 0.156. The molecule has 1 aromatic heterocycles. The third-order valence-electron chi connectivity index (χ3n) is 5.90. The molecule has 35 heavy (non-hydrogen) atoms. The lowest BCUT2D eigenvalue weighted by Gasteiger charge is -2.37. The third-order valence-corrected chi connectivity index (χ3v) is 5.90. The maximum absolute atomic E-state index is 13.2. The van der Waals surface area contributed by atoms with Crippen molar-refractivity contribution in [1.82, 2.24) is 4.90 Å². The van der Waals surface area contributed by atoms with E-state index in [-0.39, 0.29) is 18.6 Å². The van der Waals surface area contributed by atoms with E-state index in [9.17, 15) is 9.59 Å². The summed E-state index contributed by atoms with van der Waals surface area (Å²) in [6.07, 6.45) is 5.38. The van der Waals surface area contributed by atoms with Crippen molar-refractivity contribution >= 4 is 18.0 Å². The van der Waals surface area contributed by atoms with E-state index in [4.69, 9.17) is 23.4 Å². The number of rotatable bonds is 8. The van der Waals surface area contributed by atoms with Gasteiger partial charge in [-0.3, -0.25) is 4.79 Å². The maximum atomic E-state index is 13.2. The van der Waals surface area contributed by atoms with E-state index < -0.39 is 5.97 Å². The minimum atomic E-state index is -0.418. The van der Waals surface area contributed by atoms with E-state index in [1.165, 1.54) is 13.2 Å². The number of hydrogen-bond donors (Lipinski definition) is 0. The second-order valence-electron chi connectivity index (χ2n) is 7.88. The van der Waals surface area contributed by atoms with Gasteiger partial charge in [-0.25, -0.2) is 4.79 Å². The molecule has 3 aromatic rings. The van der Waals surface area contributed by atoms with Gasteiger partial charge in [0, 0.05) is 12.6 Å². The molecule has 1 atom stereocenters. The smallest absolute Gasteiger partial charge is 0.337 e. The number of hydrogen-bond acceptors (Lipinski definition) is 7. The quantitative estimate of drug-likeness (QED) is 0.353. The topological polar surface area (TPSA) is 87.4 Å². The first-order valence-corrected chi connectivity index (χ1v) is 11.1. The van der Waals surface area contributed by atoms with Gasteiger partial charge in [0.15, 0.2) is 11.5 Å². The van der Waals surface area contributed by atoms with Crippen LogP contribution < -0.4 is 14.2 Å². The predicted molar refractivity (Wildman–Crippen MR) is 129 cm³/mol. The van der Waals surface area contributed by atoms with Crippen LogP contribution in [-0.4, -0.2) is 51.3 Å². The van der Waals surface area contributed by atoms with Crippen LogP contribution in [0.4, 0.5) is 0 Å². The molecule has 0 saturated carbocycles. The number of carbonyl (C=O) groups is 2. The van der Waals surface area contributed by atoms with E-state index in [1.54, 1.807) is 67.9 Å². The van der Waals surface area contributed by atoms with Crippen LogP contribution in [0.3, 0.4) is 0 Å². The molecule has 8 nitrogen and oxygen atoms in total. The second kappa shape index (κ2) is 10.8. The van der Waals surface area contributed by atoms with Crippen LogP contribution in [0.5, 0.6) is 17.2 Å². The zero-order valence-corrected chi connectivity index (χ0v) is 19.9. The Hall–Kier alpha value is -4.20. The van der Waals surface area contributed by atoms with Crippen molar-refractivity contribution in [2.45, 2.75) is 12.5 Å². The molecule has 8 heteroatoms. The van der Waals surface area contributed by atoms with Gasteiger partial charge in [0.2, 0.25) is 5.91 Å². The summed E-state index contributed by atoms with van der Waals surface area (Å²) in [4.78, 5) is 26.7. The highest BCUT2D eigenvalue weighted by molar-refractivity contribution is 5.92. The van der Waals surface area contributed by atoms with Gasteiger partial charge in [-0.05, 0) is 72.2 Å². The Labute approximate surface area is 203 Å². The number of ether oxygens (including phenoxy) is 4. The van der Waals surface area contributed by atoms with Crippen LogP contribution in [0.1, 0.15) is 33.3 Å². The first-order chi connectivity index (χ1) is 17.0. The van der Waals surface area contributed by atoms with Gasteiger partial charge in [0.25, 0.3) is 0 Å². The number of amides is 1. The molecule has 0 bridgehead atoms. The molecule has 182 valence electrons. The Kier molecular flexibility index (Phi) is 7.40. The van der Waals surface area contributed by atoms with E-state index in [1.807, 2.05) is 12.1 Å². The zero-order chi connectivity index (χ0) is 24.8. The van der Waals surface area contributed by atoms with Crippen molar-refractivity contribution < 1.29 is 33.0 Å². The molecule has 2 heterocycles. The molecule has 1 unspecified atom stereocenters. The molecule has 0 aliphatic carbocycles. The predicted octanol–water partition coefficient (Wildman–Crippen LogP) is 4.30. The number of nitrogens with zero attached hydrogens (tertiary/aromatic N) is 1. The van der Waals surface area contributed by atoms with Crippen LogP contribution in [-0.2, 0) is 16.0 Å². The zero-order valence-electron chi connectivity index (χ0n) is 19.9. The molecule has 1 amide bonds. The Morgan fingerprint density at radius 2 is 1.80 bits per heavy atom. The average Bonchev–Trinajstić information content (AvgIpc) is 3.43. The Bertz CT molecular complexity index is 1200. The van der Waals surface area contributed by atoms with Crippen LogP contribution in [0, 0.1) is 0 Å². The molecule has 1 aliphatic rings. The van der Waals surface area contributed by atoms with Crippen molar-refractivity contribution in [3.05, 3.63) is 83.3 Å². The van der Waals surface area contributed by atoms with Crippen molar-refractivity contribution in [2.75, 3.05) is 34.5 Å². The molecule has 1 aliphatic heterocycles. The molecular formula is C27H27NO7. The van der Waals surface area contributed by atoms with Crippen molar-refractivity contribution in [3.63, 3.8) is 0 Å². The van der Waals surface area contributed by atoms with Gasteiger partial charge in [-0.1, -0.05) is 0 Å². The molecule has 4 rings (SSSR count). The molecule has 2 aromatic carbocycles. The SMILES string of the molecule is COC(=O)c1ccc(OCC2c3cc(OC)c(OC)cc3CCN2C(=O)/C=C/c2ccco2)cc1. The fraction of sp³-hybridized carbons (Fsp3) is 0.259. The van der Waals surface area contributed by atoms with E-state index in [0.717, 1.165) is 11.1 Å². The number of fused-ring (bicyclic) bond motifs is 1. The number of methoxy groups -OCH3 is 3. The summed E-state index contributed by atoms with van der Waals surface area (Å²) in [5, 5.41) is 0. The highest BCUT2D eigenvalue weighted by Gasteiger charge is 2.32. The normalized spacial score (nSPS) is 14.9. The largest absolute Gasteiger partial charge is 0.493 e. The summed E-state index contributed by atoms with van der Waals surface area (Å²) in [5.74, 6) is 1.82. The molecule has 0 saturated heterocycles. The molecular weight excluding hydrogens is 450 g/mol. The van der Waals surface area contributed by atoms with Crippen LogP contribution in [0.25, 0.3) is 6.08 Å². The summed E-state index contributed by atoms with van der Waals surface area (Å²) in [6.45, 7) is 0.722. The Morgan fingerprint density at radius 1 is 1.06 bits per heavy atom. The lowest BCUT2D eigenvalue weighted by atomic mass is 9.92. The van der Waals surface area contributed by atoms with E-state index >= 15 is 0 Å². The molecule has 0 spiro atoms. The van der Waals surface area contributed by atoms with Gasteiger partial charge >= 0.3 is 5.97 Å². The van der Waals surface area contributed by atoms with Crippen LogP contribution in [0.15, 0.2) is 65.3 Å². The van der Waals surface area contributed by atoms with Crippen molar-refractivity contribution in [1.29, 1.82) is 0 Å². The second-order valence-corrected chi connectivity index (χ2v) is 7.88. The van der Waals surface area contributed by atoms with E-state index in [0.29, 0.717) is 41.5 Å². The van der Waals surface area contributed by atoms with Gasteiger partial charge < -0.3 is 28.3 Å². The summed E-state index contributed by atoms with van der Waals surface area (Å²) in [5.41, 5.74) is 2.43. The summed E-state index contributed by atoms with van der Waals surface area (Å²) >= 11 is 0. The number of carbonyl (C=O) groups excluding carboxylic acids is 2. The first kappa shape index (κ1) is 23.9. The lowest BCUT2D eigenvalue weighted by molar-refractivity contribution is -0.129. The van der Waals surface area contributed by atoms with Gasteiger partial charge in [-0.2, -0.15) is 0 Å². The fourth-order valence-electron chi connectivity index (χ4n) is 4.09. The van der Waals surface area contributed by atoms with Crippen molar-refractivity contribution in [2.24, 2.45) is 0 Å². The minimum Gasteiger partial charge on any atom is -0.493 e. The Balaban J connectivity index is 1.61. The molecule has 0 radical (unpaired) electrons. The summed E-state index contributed by atoms with van der Waals surface area (Å²) < 4.78 is 27.1. The highest BCUT2D eigenvalue weighted by atomic mass is 16.5. The maximum Gasteiger partial charge on any atom is 0.337 e. The standard InChI is InChI=1S/C27H27NO7/c1-31-24-15-19-12-13-28(26(29)11-10-20-5-4-14-34-20)23(22(19)16-25(24)32-2)17-35-21-8-6-18(7-9-21)27(30)33-3/h4-11,14-16,23H,12-13,17H2,1-3H3/b11-10+. The summed E-state index contributed by atoms with van der Waals surface area (Å²) in [7, 11) is 4.51. The average molecular weight is 478 g/mol. The Morgan fingerprint density at radius 3 is 2.46 bits per heavy atom. The summed E-state index contributed by atoms with van der Waals surface area (Å²) in [6, 6.07) is 13.7. The molecule has 0 N–H and O–H groups in total. The van der Waals surface area contributed by atoms with E-state index in [2.05, 4.69) is 0 Å². The monoisotopic (exact) mass is 477 g/mol. The van der Waals surface area contributed by atoms with Gasteiger partial charge in [0.1, 0.15) is 18.1 Å². The van der Waals surface area contributed by atoms with Gasteiger partial charge in [0.05, 0.1) is 39.2 Å². The number of esters is 1. The van der Waals surface area contributed by atoms with Crippen molar-refractivity contribution in [3.8, 4) is 17.2 Å². The fourth-order valence-corrected chi connectivity index (χ4v) is 4.09. The molecule has 0 fully saturated rings. The number of benzene rings is 2. The third kappa shape index (κ3) is 5.32. The number of furan rings is 1. The van der Waals surface area contributed by atoms with Gasteiger partial charge in [-0.15, -0.1) is 0 Å².